The number of benzene rings is 2. The second-order valence-electron chi connectivity index (χ2n) is 4.59. The van der Waals surface area contributed by atoms with Crippen molar-refractivity contribution in [2.75, 3.05) is 32.4 Å². The van der Waals surface area contributed by atoms with E-state index in [1.807, 2.05) is 0 Å². The summed E-state index contributed by atoms with van der Waals surface area (Å²) in [6.45, 7) is 0. The molecule has 0 fully saturated rings. The number of rotatable bonds is 5. The highest BCUT2D eigenvalue weighted by Crippen LogP contribution is 2.31. The summed E-state index contributed by atoms with van der Waals surface area (Å²) in [5.41, 5.74) is 6.14. The molecule has 0 bridgehead atoms. The number of anilines is 2. The lowest BCUT2D eigenvalue weighted by Gasteiger charge is -2.14. The molecule has 7 heteroatoms. The molecule has 3 N–H and O–H groups in total. The molecule has 0 spiro atoms. The van der Waals surface area contributed by atoms with Crippen LogP contribution in [0.3, 0.4) is 0 Å². The molecule has 0 unspecified atom stereocenters. The van der Waals surface area contributed by atoms with Gasteiger partial charge in [-0.15, -0.1) is 0 Å². The van der Waals surface area contributed by atoms with Gasteiger partial charge in [-0.1, -0.05) is 0 Å². The molecular formula is C16H17FN2O4. The van der Waals surface area contributed by atoms with Crippen LogP contribution >= 0.6 is 0 Å². The lowest BCUT2D eigenvalue weighted by atomic mass is 10.1. The normalized spacial score (nSPS) is 10.1. The number of carbonyl (C=O) groups is 1. The second kappa shape index (κ2) is 6.87. The van der Waals surface area contributed by atoms with Crippen molar-refractivity contribution in [1.82, 2.24) is 0 Å². The van der Waals surface area contributed by atoms with Gasteiger partial charge in [-0.3, -0.25) is 4.79 Å². The van der Waals surface area contributed by atoms with Crippen LogP contribution in [0.5, 0.6) is 17.2 Å². The number of nitrogens with one attached hydrogen (secondary N) is 1. The minimum Gasteiger partial charge on any atom is -0.497 e. The Bertz CT molecular complexity index is 734. The molecule has 0 aromatic heterocycles. The molecule has 23 heavy (non-hydrogen) atoms. The summed E-state index contributed by atoms with van der Waals surface area (Å²) in [5, 5.41) is 2.46. The quantitative estimate of drug-likeness (QED) is 0.828. The highest BCUT2D eigenvalue weighted by Gasteiger charge is 2.19. The van der Waals surface area contributed by atoms with E-state index in [2.05, 4.69) is 5.32 Å². The third-order valence-electron chi connectivity index (χ3n) is 3.21. The highest BCUT2D eigenvalue weighted by atomic mass is 19.1. The Morgan fingerprint density at radius 2 is 1.74 bits per heavy atom. The van der Waals surface area contributed by atoms with Crippen LogP contribution < -0.4 is 25.3 Å². The number of hydrogen-bond donors (Lipinski definition) is 2. The van der Waals surface area contributed by atoms with E-state index in [9.17, 15) is 9.18 Å². The van der Waals surface area contributed by atoms with Gasteiger partial charge in [0, 0.05) is 18.2 Å². The lowest BCUT2D eigenvalue weighted by Crippen LogP contribution is -2.16. The maximum Gasteiger partial charge on any atom is 0.261 e. The molecule has 0 aliphatic heterocycles. The summed E-state index contributed by atoms with van der Waals surface area (Å²) in [4.78, 5) is 12.4. The first kappa shape index (κ1) is 16.4. The Morgan fingerprint density at radius 3 is 2.30 bits per heavy atom. The molecule has 0 atom stereocenters. The monoisotopic (exact) mass is 320 g/mol. The van der Waals surface area contributed by atoms with Gasteiger partial charge in [0.2, 0.25) is 0 Å². The Balaban J connectivity index is 2.34. The predicted molar refractivity (Wildman–Crippen MR) is 84.9 cm³/mol. The average Bonchev–Trinajstić information content (AvgIpc) is 2.55. The molecule has 0 saturated carbocycles. The van der Waals surface area contributed by atoms with Gasteiger partial charge in [-0.2, -0.15) is 0 Å². The highest BCUT2D eigenvalue weighted by molar-refractivity contribution is 6.10. The van der Waals surface area contributed by atoms with Crippen molar-refractivity contribution in [3.05, 3.63) is 41.7 Å². The molecule has 0 aliphatic rings. The zero-order valence-corrected chi connectivity index (χ0v) is 13.0. The molecule has 2 aromatic carbocycles. The van der Waals surface area contributed by atoms with Crippen LogP contribution in [0.15, 0.2) is 30.3 Å². The third-order valence-corrected chi connectivity index (χ3v) is 3.21. The Morgan fingerprint density at radius 1 is 1.04 bits per heavy atom. The van der Waals surface area contributed by atoms with Gasteiger partial charge in [-0.05, 0) is 12.1 Å². The van der Waals surface area contributed by atoms with Gasteiger partial charge >= 0.3 is 0 Å². The third kappa shape index (κ3) is 3.45. The van der Waals surface area contributed by atoms with Crippen molar-refractivity contribution in [3.63, 3.8) is 0 Å². The molecule has 6 nitrogen and oxygen atoms in total. The van der Waals surface area contributed by atoms with Crippen LogP contribution in [0.4, 0.5) is 15.8 Å². The number of methoxy groups -OCH3 is 3. The van der Waals surface area contributed by atoms with E-state index in [0.717, 1.165) is 0 Å². The molecule has 0 saturated heterocycles. The Labute approximate surface area is 133 Å². The van der Waals surface area contributed by atoms with Gasteiger partial charge in [-0.25, -0.2) is 4.39 Å². The number of halogens is 1. The largest absolute Gasteiger partial charge is 0.497 e. The van der Waals surface area contributed by atoms with Crippen LogP contribution in [0.2, 0.25) is 0 Å². The summed E-state index contributed by atoms with van der Waals surface area (Å²) in [5.74, 6) is -0.184. The minimum atomic E-state index is -0.622. The molecular weight excluding hydrogens is 303 g/mol. The number of amides is 1. The first-order valence-corrected chi connectivity index (χ1v) is 6.66. The lowest BCUT2D eigenvalue weighted by molar-refractivity contribution is 0.102. The van der Waals surface area contributed by atoms with Crippen LogP contribution in [0.25, 0.3) is 0 Å². The molecule has 0 heterocycles. The summed E-state index contributed by atoms with van der Waals surface area (Å²) in [6.07, 6.45) is 0. The fraction of sp³-hybridized carbons (Fsp3) is 0.188. The first-order chi connectivity index (χ1) is 11.0. The second-order valence-corrected chi connectivity index (χ2v) is 4.59. The Hall–Kier alpha value is -2.96. The van der Waals surface area contributed by atoms with E-state index < -0.39 is 11.7 Å². The van der Waals surface area contributed by atoms with E-state index >= 15 is 0 Å². The summed E-state index contributed by atoms with van der Waals surface area (Å²) < 4.78 is 29.1. The maximum absolute atomic E-state index is 13.9. The summed E-state index contributed by atoms with van der Waals surface area (Å²) in [6, 6.07) is 7.12. The van der Waals surface area contributed by atoms with Crippen molar-refractivity contribution < 1.29 is 23.4 Å². The van der Waals surface area contributed by atoms with E-state index in [1.54, 1.807) is 0 Å². The SMILES string of the molecule is COc1ccc(NC(=O)c2c(N)cc(OC)cc2OC)c(F)c1. The first-order valence-electron chi connectivity index (χ1n) is 6.66. The van der Waals surface area contributed by atoms with Crippen molar-refractivity contribution in [2.45, 2.75) is 0 Å². The van der Waals surface area contributed by atoms with Crippen molar-refractivity contribution in [1.29, 1.82) is 0 Å². The smallest absolute Gasteiger partial charge is 0.261 e. The van der Waals surface area contributed by atoms with Crippen molar-refractivity contribution >= 4 is 17.3 Å². The van der Waals surface area contributed by atoms with Gasteiger partial charge in [0.1, 0.15) is 28.6 Å². The van der Waals surface area contributed by atoms with E-state index in [-0.39, 0.29) is 22.7 Å². The zero-order valence-electron chi connectivity index (χ0n) is 13.0. The van der Waals surface area contributed by atoms with Crippen molar-refractivity contribution in [2.24, 2.45) is 0 Å². The topological polar surface area (TPSA) is 82.8 Å². The van der Waals surface area contributed by atoms with E-state index in [0.29, 0.717) is 11.5 Å². The maximum atomic E-state index is 13.9. The minimum absolute atomic E-state index is 0.00747. The van der Waals surface area contributed by atoms with Gasteiger partial charge < -0.3 is 25.3 Å². The Kier molecular flexibility index (Phi) is 4.90. The summed E-state index contributed by atoms with van der Waals surface area (Å²) >= 11 is 0. The van der Waals surface area contributed by atoms with Gasteiger partial charge in [0.25, 0.3) is 5.91 Å². The zero-order chi connectivity index (χ0) is 17.0. The summed E-state index contributed by atoms with van der Waals surface area (Å²) in [7, 11) is 4.30. The van der Waals surface area contributed by atoms with Gasteiger partial charge in [0.15, 0.2) is 0 Å². The van der Waals surface area contributed by atoms with E-state index in [4.69, 9.17) is 19.9 Å². The van der Waals surface area contributed by atoms with Crippen LogP contribution in [0.1, 0.15) is 10.4 Å². The van der Waals surface area contributed by atoms with E-state index in [1.165, 1.54) is 51.7 Å². The molecule has 1 amide bonds. The van der Waals surface area contributed by atoms with Crippen LogP contribution in [-0.2, 0) is 0 Å². The number of ether oxygens (including phenoxy) is 3. The number of hydrogen-bond acceptors (Lipinski definition) is 5. The molecule has 0 aliphatic carbocycles. The molecule has 0 radical (unpaired) electrons. The molecule has 122 valence electrons. The van der Waals surface area contributed by atoms with Gasteiger partial charge in [0.05, 0.1) is 32.7 Å². The predicted octanol–water partition coefficient (Wildman–Crippen LogP) is 2.69. The average molecular weight is 320 g/mol. The fourth-order valence-corrected chi connectivity index (χ4v) is 2.04. The standard InChI is InChI=1S/C16H17FN2O4/c1-21-9-4-5-13(11(17)6-9)19-16(20)15-12(18)7-10(22-2)8-14(15)23-3/h4-8H,18H2,1-3H3,(H,19,20). The molecule has 2 rings (SSSR count). The van der Waals surface area contributed by atoms with Crippen molar-refractivity contribution in [3.8, 4) is 17.2 Å². The fourth-order valence-electron chi connectivity index (χ4n) is 2.04. The van der Waals surface area contributed by atoms with Crippen LogP contribution in [-0.4, -0.2) is 27.2 Å². The van der Waals surface area contributed by atoms with Crippen LogP contribution in [0, 0.1) is 5.82 Å². The number of nitrogens with two attached hydrogens (primary N) is 1. The number of carbonyl (C=O) groups excluding carboxylic acids is 1. The number of nitrogen functional groups attached to an aromatic ring is 1. The molecule has 2 aromatic rings.